The minimum Gasteiger partial charge on any atom is -0.384 e. The Morgan fingerprint density at radius 2 is 2.04 bits per heavy atom. The second-order valence-corrected chi connectivity index (χ2v) is 5.64. The maximum absolute atomic E-state index is 5.30. The number of nitrogens with zero attached hydrogens (tertiary/aromatic N) is 5. The number of ether oxygens (including phenoxy) is 2. The first-order valence-corrected chi connectivity index (χ1v) is 7.78. The molecular formula is C14H22N6O3. The van der Waals surface area contributed by atoms with Gasteiger partial charge in [0.05, 0.1) is 13.2 Å². The predicted molar refractivity (Wildman–Crippen MR) is 84.6 cm³/mol. The van der Waals surface area contributed by atoms with Gasteiger partial charge in [0.25, 0.3) is 0 Å². The van der Waals surface area contributed by atoms with Gasteiger partial charge in [-0.15, -0.1) is 0 Å². The predicted octanol–water partition coefficient (Wildman–Crippen LogP) is 0.934. The summed E-state index contributed by atoms with van der Waals surface area (Å²) < 4.78 is 15.1. The first-order valence-electron chi connectivity index (χ1n) is 7.78. The molecular weight excluding hydrogens is 300 g/mol. The van der Waals surface area contributed by atoms with E-state index in [1.807, 2.05) is 0 Å². The van der Waals surface area contributed by atoms with Crippen molar-refractivity contribution in [1.29, 1.82) is 0 Å². The van der Waals surface area contributed by atoms with Gasteiger partial charge in [-0.2, -0.15) is 0 Å². The van der Waals surface area contributed by atoms with E-state index in [1.165, 1.54) is 0 Å². The van der Waals surface area contributed by atoms with Crippen LogP contribution in [0, 0.1) is 5.92 Å². The molecule has 3 rings (SSSR count). The Labute approximate surface area is 134 Å². The van der Waals surface area contributed by atoms with Crippen LogP contribution in [0.5, 0.6) is 0 Å². The number of rotatable bonds is 7. The lowest BCUT2D eigenvalue weighted by molar-refractivity contribution is 0.143. The van der Waals surface area contributed by atoms with Gasteiger partial charge >= 0.3 is 0 Å². The molecule has 0 spiro atoms. The fraction of sp³-hybridized carbons (Fsp3) is 0.714. The molecule has 0 radical (unpaired) electrons. The van der Waals surface area contributed by atoms with Crippen molar-refractivity contribution in [3.63, 3.8) is 0 Å². The molecule has 2 aromatic rings. The lowest BCUT2D eigenvalue weighted by Gasteiger charge is -2.33. The molecule has 1 N–H and O–H groups in total. The van der Waals surface area contributed by atoms with E-state index >= 15 is 0 Å². The molecule has 23 heavy (non-hydrogen) atoms. The molecule has 0 aromatic carbocycles. The highest BCUT2D eigenvalue weighted by Crippen LogP contribution is 2.28. The number of hydrogen-bond donors (Lipinski definition) is 1. The van der Waals surface area contributed by atoms with Crippen molar-refractivity contribution in [2.45, 2.75) is 12.8 Å². The average Bonchev–Trinajstić information content (AvgIpc) is 3.02. The van der Waals surface area contributed by atoms with Crippen molar-refractivity contribution in [2.75, 3.05) is 57.3 Å². The van der Waals surface area contributed by atoms with Crippen molar-refractivity contribution >= 4 is 22.9 Å². The quantitative estimate of drug-likeness (QED) is 0.746. The zero-order chi connectivity index (χ0) is 16.1. The zero-order valence-corrected chi connectivity index (χ0v) is 13.5. The molecule has 1 aliphatic rings. The summed E-state index contributed by atoms with van der Waals surface area (Å²) in [5.74, 6) is 1.96. The first kappa shape index (κ1) is 15.9. The van der Waals surface area contributed by atoms with Crippen LogP contribution in [-0.4, -0.2) is 67.3 Å². The summed E-state index contributed by atoms with van der Waals surface area (Å²) in [6, 6.07) is 0. The summed E-state index contributed by atoms with van der Waals surface area (Å²) in [7, 11) is 3.41. The summed E-state index contributed by atoms with van der Waals surface area (Å²) in [6.07, 6.45) is 2.26. The van der Waals surface area contributed by atoms with Gasteiger partial charge < -0.3 is 19.7 Å². The Morgan fingerprint density at radius 1 is 1.22 bits per heavy atom. The Hall–Kier alpha value is -2.00. The molecule has 9 nitrogen and oxygen atoms in total. The van der Waals surface area contributed by atoms with E-state index in [0.29, 0.717) is 36.2 Å². The Kier molecular flexibility index (Phi) is 5.19. The van der Waals surface area contributed by atoms with Crippen LogP contribution in [0.1, 0.15) is 12.8 Å². The van der Waals surface area contributed by atoms with Crippen molar-refractivity contribution in [1.82, 2.24) is 20.3 Å². The number of nitrogens with one attached hydrogen (secondary N) is 1. The number of fused-ring (bicyclic) bond motifs is 1. The van der Waals surface area contributed by atoms with E-state index in [4.69, 9.17) is 14.1 Å². The topological polar surface area (TPSA) is 98.4 Å². The maximum Gasteiger partial charge on any atom is 0.245 e. The maximum atomic E-state index is 5.30. The molecule has 0 unspecified atom stereocenters. The highest BCUT2D eigenvalue weighted by molar-refractivity contribution is 5.74. The number of piperidine rings is 1. The number of hydrogen-bond acceptors (Lipinski definition) is 9. The molecule has 0 aliphatic carbocycles. The van der Waals surface area contributed by atoms with Crippen molar-refractivity contribution in [3.8, 4) is 0 Å². The molecule has 1 aliphatic heterocycles. The van der Waals surface area contributed by atoms with Gasteiger partial charge in [0.1, 0.15) is 0 Å². The van der Waals surface area contributed by atoms with Gasteiger partial charge in [0.2, 0.25) is 11.3 Å². The normalized spacial score (nSPS) is 18.5. The zero-order valence-electron chi connectivity index (χ0n) is 13.5. The van der Waals surface area contributed by atoms with Crippen molar-refractivity contribution < 1.29 is 14.1 Å². The molecule has 126 valence electrons. The molecule has 1 fully saturated rings. The Morgan fingerprint density at radius 3 is 2.83 bits per heavy atom. The third-order valence-corrected chi connectivity index (χ3v) is 3.92. The monoisotopic (exact) mass is 322 g/mol. The van der Waals surface area contributed by atoms with Gasteiger partial charge in [-0.3, -0.25) is 0 Å². The fourth-order valence-corrected chi connectivity index (χ4v) is 2.87. The van der Waals surface area contributed by atoms with E-state index in [2.05, 4.69) is 30.5 Å². The van der Waals surface area contributed by atoms with Gasteiger partial charge in [0, 0.05) is 33.9 Å². The minimum atomic E-state index is 0.402. The number of aromatic nitrogens is 4. The van der Waals surface area contributed by atoms with Crippen LogP contribution in [0.4, 0.5) is 11.6 Å². The summed E-state index contributed by atoms with van der Waals surface area (Å²) in [4.78, 5) is 11.3. The van der Waals surface area contributed by atoms with Crippen LogP contribution in [-0.2, 0) is 9.47 Å². The second-order valence-electron chi connectivity index (χ2n) is 5.64. The van der Waals surface area contributed by atoms with Crippen LogP contribution in [0.3, 0.4) is 0 Å². The summed E-state index contributed by atoms with van der Waals surface area (Å²) in [5.41, 5.74) is 0.824. The van der Waals surface area contributed by atoms with Crippen LogP contribution in [0.2, 0.25) is 0 Å². The standard InChI is InChI=1S/C14H22N6O3/c1-21-7-5-15-13-14(17-12-11(16-13)18-23-19-12)20-6-3-4-10(8-20)9-22-2/h10H,3-9H2,1-2H3,(H,15,16,18)/t10-/m0/s1. The second kappa shape index (κ2) is 7.51. The van der Waals surface area contributed by atoms with Crippen LogP contribution < -0.4 is 10.2 Å². The van der Waals surface area contributed by atoms with E-state index < -0.39 is 0 Å². The highest BCUT2D eigenvalue weighted by atomic mass is 16.6. The van der Waals surface area contributed by atoms with E-state index in [9.17, 15) is 0 Å². The summed E-state index contributed by atoms with van der Waals surface area (Å²) in [6.45, 7) is 3.81. The summed E-state index contributed by atoms with van der Waals surface area (Å²) in [5, 5.41) is 10.8. The molecule has 3 heterocycles. The molecule has 2 aromatic heterocycles. The molecule has 1 saturated heterocycles. The third-order valence-electron chi connectivity index (χ3n) is 3.92. The lowest BCUT2D eigenvalue weighted by atomic mass is 9.99. The average molecular weight is 322 g/mol. The van der Waals surface area contributed by atoms with Crippen LogP contribution in [0.25, 0.3) is 11.3 Å². The fourth-order valence-electron chi connectivity index (χ4n) is 2.87. The molecule has 9 heteroatoms. The molecule has 0 amide bonds. The third kappa shape index (κ3) is 3.67. The van der Waals surface area contributed by atoms with Crippen molar-refractivity contribution in [3.05, 3.63) is 0 Å². The lowest BCUT2D eigenvalue weighted by Crippen LogP contribution is -2.38. The molecule has 0 bridgehead atoms. The first-order chi connectivity index (χ1) is 11.3. The minimum absolute atomic E-state index is 0.402. The van der Waals surface area contributed by atoms with Crippen LogP contribution in [0.15, 0.2) is 4.63 Å². The van der Waals surface area contributed by atoms with Gasteiger partial charge in [-0.05, 0) is 29.1 Å². The highest BCUT2D eigenvalue weighted by Gasteiger charge is 2.24. The largest absolute Gasteiger partial charge is 0.384 e. The summed E-state index contributed by atoms with van der Waals surface area (Å²) >= 11 is 0. The number of anilines is 2. The van der Waals surface area contributed by atoms with E-state index in [0.717, 1.165) is 38.4 Å². The van der Waals surface area contributed by atoms with E-state index in [-0.39, 0.29) is 0 Å². The SMILES string of the molecule is COCCNc1nc2nonc2nc1N1CCC[C@H](COC)C1. The smallest absolute Gasteiger partial charge is 0.245 e. The van der Waals surface area contributed by atoms with E-state index in [1.54, 1.807) is 14.2 Å². The molecule has 1 atom stereocenters. The van der Waals surface area contributed by atoms with Gasteiger partial charge in [0.15, 0.2) is 11.6 Å². The van der Waals surface area contributed by atoms with Gasteiger partial charge in [-0.25, -0.2) is 14.6 Å². The van der Waals surface area contributed by atoms with Gasteiger partial charge in [-0.1, -0.05) is 0 Å². The van der Waals surface area contributed by atoms with Crippen LogP contribution >= 0.6 is 0 Å². The Bertz CT molecular complexity index is 632. The number of methoxy groups -OCH3 is 2. The molecule has 0 saturated carbocycles. The Balaban J connectivity index is 1.85. The van der Waals surface area contributed by atoms with Crippen molar-refractivity contribution in [2.24, 2.45) is 5.92 Å².